The quantitative estimate of drug-likeness (QED) is 0.755. The lowest BCUT2D eigenvalue weighted by Crippen LogP contribution is -2.47. The second-order valence-electron chi connectivity index (χ2n) is 6.34. The summed E-state index contributed by atoms with van der Waals surface area (Å²) in [6.07, 6.45) is 3.03. The van der Waals surface area contributed by atoms with Gasteiger partial charge in [-0.25, -0.2) is 8.42 Å². The number of rotatable bonds is 7. The third-order valence-corrected chi connectivity index (χ3v) is 6.46. The Morgan fingerprint density at radius 3 is 2.92 bits per heavy atom. The lowest BCUT2D eigenvalue weighted by molar-refractivity contribution is 0.0472. The van der Waals surface area contributed by atoms with Gasteiger partial charge in [0.05, 0.1) is 16.5 Å². The van der Waals surface area contributed by atoms with Crippen molar-refractivity contribution in [2.45, 2.75) is 30.6 Å². The molecule has 0 aromatic heterocycles. The molecule has 1 N–H and O–H groups in total. The van der Waals surface area contributed by atoms with Gasteiger partial charge in [0.2, 0.25) is 10.0 Å². The highest BCUT2D eigenvalue weighted by atomic mass is 32.2. The van der Waals surface area contributed by atoms with Crippen LogP contribution in [-0.4, -0.2) is 51.2 Å². The molecule has 1 saturated heterocycles. The van der Waals surface area contributed by atoms with Gasteiger partial charge >= 0.3 is 0 Å². The molecule has 24 heavy (non-hydrogen) atoms. The lowest BCUT2D eigenvalue weighted by Gasteiger charge is -2.41. The fraction of sp³-hybridized carbons (Fsp3) is 0.588. The van der Waals surface area contributed by atoms with Gasteiger partial charge in [-0.1, -0.05) is 6.07 Å². The van der Waals surface area contributed by atoms with E-state index in [0.717, 1.165) is 19.3 Å². The zero-order valence-corrected chi connectivity index (χ0v) is 14.8. The predicted molar refractivity (Wildman–Crippen MR) is 89.8 cm³/mol. The Labute approximate surface area is 143 Å². The fourth-order valence-corrected chi connectivity index (χ4v) is 4.88. The number of nitriles is 1. The molecule has 1 aromatic rings. The number of methoxy groups -OCH3 is 1. The summed E-state index contributed by atoms with van der Waals surface area (Å²) in [5.41, 5.74) is -0.0990. The Morgan fingerprint density at radius 1 is 1.46 bits per heavy atom. The number of ether oxygens (including phenoxy) is 1. The first-order chi connectivity index (χ1) is 11.5. The van der Waals surface area contributed by atoms with E-state index in [2.05, 4.69) is 0 Å². The number of nitrogens with zero attached hydrogens (tertiary/aromatic N) is 2. The number of sulfonamides is 1. The van der Waals surface area contributed by atoms with Crippen LogP contribution in [0.4, 0.5) is 0 Å². The van der Waals surface area contributed by atoms with Crippen molar-refractivity contribution in [1.29, 1.82) is 5.26 Å². The van der Waals surface area contributed by atoms with Crippen LogP contribution in [0.2, 0.25) is 0 Å². The molecule has 1 aliphatic heterocycles. The SMILES string of the molecule is COCCC[C@@]1(CO)CCCN(S(=O)(=O)c2cccc(C#N)c2)C1. The van der Waals surface area contributed by atoms with Crippen molar-refractivity contribution in [1.82, 2.24) is 4.31 Å². The second kappa shape index (κ2) is 8.08. The van der Waals surface area contributed by atoms with Crippen LogP contribution in [0, 0.1) is 16.7 Å². The van der Waals surface area contributed by atoms with E-state index in [1.165, 1.54) is 16.4 Å². The molecule has 1 aromatic carbocycles. The minimum atomic E-state index is -3.67. The summed E-state index contributed by atoms with van der Waals surface area (Å²) in [4.78, 5) is 0.132. The van der Waals surface area contributed by atoms with Gasteiger partial charge in [0.25, 0.3) is 0 Å². The Morgan fingerprint density at radius 2 is 2.25 bits per heavy atom. The molecule has 0 spiro atoms. The van der Waals surface area contributed by atoms with Crippen molar-refractivity contribution < 1.29 is 18.3 Å². The summed E-state index contributed by atoms with van der Waals surface area (Å²) in [5.74, 6) is 0. The van der Waals surface area contributed by atoms with Crippen LogP contribution in [0.5, 0.6) is 0 Å². The minimum absolute atomic E-state index is 0.0407. The van der Waals surface area contributed by atoms with E-state index < -0.39 is 15.4 Å². The number of benzene rings is 1. The maximum absolute atomic E-state index is 12.9. The van der Waals surface area contributed by atoms with Gasteiger partial charge in [0.1, 0.15) is 0 Å². The molecule has 1 aliphatic rings. The van der Waals surface area contributed by atoms with E-state index in [1.54, 1.807) is 19.2 Å². The van der Waals surface area contributed by atoms with E-state index in [0.29, 0.717) is 31.7 Å². The first-order valence-electron chi connectivity index (χ1n) is 8.07. The van der Waals surface area contributed by atoms with E-state index in [9.17, 15) is 13.5 Å². The van der Waals surface area contributed by atoms with E-state index >= 15 is 0 Å². The topological polar surface area (TPSA) is 90.6 Å². The molecule has 0 saturated carbocycles. The molecule has 1 heterocycles. The number of hydrogen-bond donors (Lipinski definition) is 1. The number of piperidine rings is 1. The molecular weight excluding hydrogens is 328 g/mol. The Hall–Kier alpha value is -1.46. The van der Waals surface area contributed by atoms with Crippen molar-refractivity contribution in [2.75, 3.05) is 33.4 Å². The van der Waals surface area contributed by atoms with Gasteiger partial charge in [-0.2, -0.15) is 9.57 Å². The monoisotopic (exact) mass is 352 g/mol. The van der Waals surface area contributed by atoms with Gasteiger partial charge in [0.15, 0.2) is 0 Å². The number of hydrogen-bond acceptors (Lipinski definition) is 5. The highest BCUT2D eigenvalue weighted by molar-refractivity contribution is 7.89. The normalized spacial score (nSPS) is 22.2. The molecule has 2 rings (SSSR count). The molecule has 1 atom stereocenters. The molecule has 132 valence electrons. The van der Waals surface area contributed by atoms with E-state index in [4.69, 9.17) is 10.00 Å². The van der Waals surface area contributed by atoms with Crippen molar-refractivity contribution in [3.63, 3.8) is 0 Å². The third kappa shape index (κ3) is 4.14. The summed E-state index contributed by atoms with van der Waals surface area (Å²) in [6.45, 7) is 1.29. The molecule has 0 bridgehead atoms. The average Bonchev–Trinajstić information content (AvgIpc) is 2.62. The zero-order valence-electron chi connectivity index (χ0n) is 13.9. The van der Waals surface area contributed by atoms with Gasteiger partial charge in [-0.05, 0) is 43.9 Å². The van der Waals surface area contributed by atoms with Crippen LogP contribution in [0.25, 0.3) is 0 Å². The zero-order chi connectivity index (χ0) is 17.6. The van der Waals surface area contributed by atoms with Crippen molar-refractivity contribution in [3.8, 4) is 6.07 Å². The van der Waals surface area contributed by atoms with Crippen LogP contribution < -0.4 is 0 Å². The number of aliphatic hydroxyl groups excluding tert-OH is 1. The average molecular weight is 352 g/mol. The van der Waals surface area contributed by atoms with Gasteiger partial charge in [-0.3, -0.25) is 0 Å². The maximum atomic E-state index is 12.9. The minimum Gasteiger partial charge on any atom is -0.396 e. The summed E-state index contributed by atoms with van der Waals surface area (Å²) in [5, 5.41) is 18.8. The Balaban J connectivity index is 2.22. The molecular formula is C17H24N2O4S. The summed E-state index contributed by atoms with van der Waals surface area (Å²) >= 11 is 0. The van der Waals surface area contributed by atoms with Crippen LogP contribution in [0.1, 0.15) is 31.2 Å². The molecule has 6 nitrogen and oxygen atoms in total. The fourth-order valence-electron chi connectivity index (χ4n) is 3.25. The highest BCUT2D eigenvalue weighted by Gasteiger charge is 2.39. The van der Waals surface area contributed by atoms with Crippen molar-refractivity contribution in [3.05, 3.63) is 29.8 Å². The number of aliphatic hydroxyl groups is 1. The molecule has 0 radical (unpaired) electrons. The highest BCUT2D eigenvalue weighted by Crippen LogP contribution is 2.36. The maximum Gasteiger partial charge on any atom is 0.243 e. The van der Waals surface area contributed by atoms with Crippen LogP contribution in [0.15, 0.2) is 29.2 Å². The molecule has 0 aliphatic carbocycles. The van der Waals surface area contributed by atoms with Crippen LogP contribution in [0.3, 0.4) is 0 Å². The first-order valence-corrected chi connectivity index (χ1v) is 9.51. The van der Waals surface area contributed by atoms with Crippen molar-refractivity contribution in [2.24, 2.45) is 5.41 Å². The Bertz CT molecular complexity index is 699. The molecule has 0 amide bonds. The smallest absolute Gasteiger partial charge is 0.243 e. The largest absolute Gasteiger partial charge is 0.396 e. The molecule has 1 fully saturated rings. The van der Waals surface area contributed by atoms with E-state index in [-0.39, 0.29) is 11.5 Å². The second-order valence-corrected chi connectivity index (χ2v) is 8.27. The van der Waals surface area contributed by atoms with E-state index in [1.807, 2.05) is 6.07 Å². The van der Waals surface area contributed by atoms with Crippen LogP contribution in [-0.2, 0) is 14.8 Å². The van der Waals surface area contributed by atoms with Gasteiger partial charge in [-0.15, -0.1) is 0 Å². The van der Waals surface area contributed by atoms with Crippen molar-refractivity contribution >= 4 is 10.0 Å². The molecule has 0 unspecified atom stereocenters. The van der Waals surface area contributed by atoms with Crippen LogP contribution >= 0.6 is 0 Å². The summed E-state index contributed by atoms with van der Waals surface area (Å²) in [7, 11) is -2.04. The van der Waals surface area contributed by atoms with Gasteiger partial charge in [0, 0.05) is 38.8 Å². The standard InChI is InChI=1S/C17H24N2O4S/c1-23-10-4-8-17(14-20)7-3-9-19(13-17)24(21,22)16-6-2-5-15(11-16)12-18/h2,5-6,11,20H,3-4,7-10,13-14H2,1H3/t17-/m0/s1. The summed E-state index contributed by atoms with van der Waals surface area (Å²) < 4.78 is 32.3. The first kappa shape index (κ1) is 18.9. The lowest BCUT2D eigenvalue weighted by atomic mass is 9.78. The predicted octanol–water partition coefficient (Wildman–Crippen LogP) is 1.75. The van der Waals surface area contributed by atoms with Gasteiger partial charge < -0.3 is 9.84 Å². The summed E-state index contributed by atoms with van der Waals surface area (Å²) in [6, 6.07) is 8.03. The molecule has 7 heteroatoms. The third-order valence-electron chi connectivity index (χ3n) is 4.62. The Kier molecular flexibility index (Phi) is 6.35.